The summed E-state index contributed by atoms with van der Waals surface area (Å²) in [6, 6.07) is 7.18. The molecular weight excluding hydrogens is 570 g/mol. The van der Waals surface area contributed by atoms with Gasteiger partial charge in [0, 0.05) is 74.6 Å². The molecule has 2 aromatic rings. The van der Waals surface area contributed by atoms with E-state index in [0.717, 1.165) is 89.8 Å². The highest BCUT2D eigenvalue weighted by Crippen LogP contribution is 2.27. The fourth-order valence-electron chi connectivity index (χ4n) is 5.51. The van der Waals surface area contributed by atoms with Crippen molar-refractivity contribution in [3.05, 3.63) is 59.0 Å². The number of amides is 1. The molecule has 1 aromatic carbocycles. The number of nitrogen functional groups attached to an aromatic ring is 1. The molecule has 11 nitrogen and oxygen atoms in total. The predicted octanol–water partition coefficient (Wildman–Crippen LogP) is 5.02. The molecule has 1 aromatic heterocycles. The number of nitrogens with two attached hydrogens (primary N) is 1. The van der Waals surface area contributed by atoms with E-state index in [1.807, 2.05) is 19.1 Å². The Hall–Kier alpha value is -4.25. The Balaban J connectivity index is 1.25. The fraction of sp³-hybridized carbons (Fsp3) is 0.500. The molecule has 0 bridgehead atoms. The van der Waals surface area contributed by atoms with Crippen LogP contribution in [0.4, 0.5) is 17.2 Å². The van der Waals surface area contributed by atoms with Gasteiger partial charge in [-0.2, -0.15) is 0 Å². The number of aromatic nitrogens is 2. The van der Waals surface area contributed by atoms with Crippen molar-refractivity contribution in [3.8, 4) is 0 Å². The van der Waals surface area contributed by atoms with Crippen molar-refractivity contribution in [1.29, 1.82) is 0 Å². The van der Waals surface area contributed by atoms with Crippen molar-refractivity contribution in [2.75, 3.05) is 61.8 Å². The van der Waals surface area contributed by atoms with Gasteiger partial charge in [0.15, 0.2) is 17.9 Å². The summed E-state index contributed by atoms with van der Waals surface area (Å²) in [7, 11) is 0. The first-order valence-corrected chi connectivity index (χ1v) is 16.0. The van der Waals surface area contributed by atoms with Crippen LogP contribution >= 0.6 is 0 Å². The average molecular weight is 620 g/mol. The predicted molar refractivity (Wildman–Crippen MR) is 181 cm³/mol. The Morgan fingerprint density at radius 2 is 1.69 bits per heavy atom. The first-order valence-electron chi connectivity index (χ1n) is 16.0. The van der Waals surface area contributed by atoms with Crippen LogP contribution in [-0.4, -0.2) is 84.0 Å². The van der Waals surface area contributed by atoms with Crippen molar-refractivity contribution in [1.82, 2.24) is 20.4 Å². The standard InChI is InChI=1S/C34H49N7O4/c1-4-26(32(44)5-2)30-23-31(34(35)39-38-30)41-21-19-40(20-22-41)18-17-37-33(45)15-10-8-6-7-9-11-16-36-29-14-12-13-27(25(3)43)28(29)24-42/h4-5,12-14,23-24,36,44H,6-11,15-22H2,1-3H3,(H2,35,39)(H,37,45)/b26-4-,32-5+. The highest BCUT2D eigenvalue weighted by Gasteiger charge is 2.21. The van der Waals surface area contributed by atoms with Gasteiger partial charge in [0.05, 0.1) is 11.4 Å². The van der Waals surface area contributed by atoms with Gasteiger partial charge in [-0.25, -0.2) is 0 Å². The molecular formula is C34H49N7O4. The van der Waals surface area contributed by atoms with E-state index in [1.54, 1.807) is 31.2 Å². The zero-order valence-corrected chi connectivity index (χ0v) is 27.0. The lowest BCUT2D eigenvalue weighted by molar-refractivity contribution is -0.121. The van der Waals surface area contributed by atoms with Crippen molar-refractivity contribution >= 4 is 40.7 Å². The third-order valence-electron chi connectivity index (χ3n) is 8.13. The topological polar surface area (TPSA) is 154 Å². The van der Waals surface area contributed by atoms with E-state index >= 15 is 0 Å². The zero-order valence-electron chi connectivity index (χ0n) is 27.0. The molecule has 3 rings (SSSR count). The number of nitrogens with zero attached hydrogens (tertiary/aromatic N) is 4. The lowest BCUT2D eigenvalue weighted by Gasteiger charge is -2.36. The van der Waals surface area contributed by atoms with Gasteiger partial charge < -0.3 is 26.4 Å². The molecule has 5 N–H and O–H groups in total. The first kappa shape index (κ1) is 35.2. The number of hydrogen-bond acceptors (Lipinski definition) is 10. The van der Waals surface area contributed by atoms with Gasteiger partial charge in [0.2, 0.25) is 5.91 Å². The number of allylic oxidation sites excluding steroid dienone is 3. The minimum absolute atomic E-state index is 0.101. The number of benzene rings is 1. The highest BCUT2D eigenvalue weighted by atomic mass is 16.3. The molecule has 0 spiro atoms. The number of carbonyl (C=O) groups is 3. The summed E-state index contributed by atoms with van der Waals surface area (Å²) < 4.78 is 0. The number of aliphatic hydroxyl groups excluding tert-OH is 1. The minimum Gasteiger partial charge on any atom is -0.508 e. The van der Waals surface area contributed by atoms with Gasteiger partial charge in [0.25, 0.3) is 0 Å². The van der Waals surface area contributed by atoms with Crippen LogP contribution < -0.4 is 21.3 Å². The van der Waals surface area contributed by atoms with Crippen LogP contribution in [0.3, 0.4) is 0 Å². The smallest absolute Gasteiger partial charge is 0.220 e. The van der Waals surface area contributed by atoms with Crippen molar-refractivity contribution in [2.24, 2.45) is 0 Å². The normalized spacial score (nSPS) is 14.3. The number of rotatable bonds is 18. The summed E-state index contributed by atoms with van der Waals surface area (Å²) in [5.41, 5.74) is 9.75. The molecule has 1 amide bonds. The summed E-state index contributed by atoms with van der Waals surface area (Å²) >= 11 is 0. The number of aliphatic hydroxyl groups is 1. The Kier molecular flexibility index (Phi) is 14.5. The van der Waals surface area contributed by atoms with Crippen molar-refractivity contribution in [2.45, 2.75) is 65.7 Å². The quantitative estimate of drug-likeness (QED) is 0.0588. The summed E-state index contributed by atoms with van der Waals surface area (Å²) in [5.74, 6) is 0.510. The highest BCUT2D eigenvalue weighted by molar-refractivity contribution is 6.04. The maximum absolute atomic E-state index is 12.3. The van der Waals surface area contributed by atoms with Crippen LogP contribution in [0.1, 0.15) is 92.1 Å². The number of hydrogen-bond donors (Lipinski definition) is 4. The molecule has 0 saturated carbocycles. The van der Waals surface area contributed by atoms with Crippen LogP contribution in [0.25, 0.3) is 5.57 Å². The lowest BCUT2D eigenvalue weighted by atomic mass is 10.0. The number of nitrogens with one attached hydrogen (secondary N) is 2. The molecule has 1 saturated heterocycles. The molecule has 1 aliphatic heterocycles. The van der Waals surface area contributed by atoms with Gasteiger partial charge in [-0.05, 0) is 51.8 Å². The van der Waals surface area contributed by atoms with E-state index in [-0.39, 0.29) is 17.4 Å². The molecule has 1 aliphatic rings. The number of aldehydes is 1. The van der Waals surface area contributed by atoms with E-state index in [4.69, 9.17) is 5.73 Å². The summed E-state index contributed by atoms with van der Waals surface area (Å²) in [6.07, 6.45) is 10.9. The summed E-state index contributed by atoms with van der Waals surface area (Å²) in [6.45, 7) is 10.5. The van der Waals surface area contributed by atoms with Gasteiger partial charge in [-0.15, -0.1) is 10.2 Å². The van der Waals surface area contributed by atoms with Crippen LogP contribution in [0.5, 0.6) is 0 Å². The number of anilines is 3. The zero-order chi connectivity index (χ0) is 32.6. The molecule has 45 heavy (non-hydrogen) atoms. The van der Waals surface area contributed by atoms with E-state index in [2.05, 4.69) is 30.6 Å². The average Bonchev–Trinajstić information content (AvgIpc) is 3.05. The maximum atomic E-state index is 12.3. The van der Waals surface area contributed by atoms with E-state index in [9.17, 15) is 19.5 Å². The molecule has 11 heteroatoms. The number of carbonyl (C=O) groups excluding carboxylic acids is 3. The van der Waals surface area contributed by atoms with Crippen LogP contribution in [0, 0.1) is 0 Å². The van der Waals surface area contributed by atoms with Crippen molar-refractivity contribution < 1.29 is 19.5 Å². The lowest BCUT2D eigenvalue weighted by Crippen LogP contribution is -2.48. The van der Waals surface area contributed by atoms with E-state index in [1.165, 1.54) is 6.92 Å². The number of ketones is 1. The molecule has 1 fully saturated rings. The second kappa shape index (κ2) is 18.5. The fourth-order valence-corrected chi connectivity index (χ4v) is 5.51. The summed E-state index contributed by atoms with van der Waals surface area (Å²) in [4.78, 5) is 40.0. The number of Topliss-reactive ketones (excluding diaryl/α,β-unsaturated/α-hetero) is 1. The molecule has 244 valence electrons. The third-order valence-corrected chi connectivity index (χ3v) is 8.13. The second-order valence-electron chi connectivity index (χ2n) is 11.3. The molecule has 0 aliphatic carbocycles. The van der Waals surface area contributed by atoms with E-state index in [0.29, 0.717) is 46.9 Å². The second-order valence-corrected chi connectivity index (χ2v) is 11.3. The van der Waals surface area contributed by atoms with E-state index < -0.39 is 0 Å². The Morgan fingerprint density at radius 3 is 2.36 bits per heavy atom. The van der Waals surface area contributed by atoms with Gasteiger partial charge in [0.1, 0.15) is 5.76 Å². The minimum atomic E-state index is -0.114. The Morgan fingerprint density at radius 1 is 0.978 bits per heavy atom. The molecule has 0 unspecified atom stereocenters. The SMILES string of the molecule is C/C=C(\C(O)=C/C)c1cc(N2CCN(CCNC(=O)CCCCCCCCNc3cccc(C(C)=O)c3C=O)CC2)c(N)nn1. The largest absolute Gasteiger partial charge is 0.508 e. The van der Waals surface area contributed by atoms with Crippen LogP contribution in [-0.2, 0) is 4.79 Å². The van der Waals surface area contributed by atoms with Gasteiger partial charge >= 0.3 is 0 Å². The monoisotopic (exact) mass is 619 g/mol. The van der Waals surface area contributed by atoms with Gasteiger partial charge in [-0.3, -0.25) is 19.3 Å². The van der Waals surface area contributed by atoms with Gasteiger partial charge in [-0.1, -0.05) is 43.9 Å². The third kappa shape index (κ3) is 10.7. The van der Waals surface area contributed by atoms with Crippen LogP contribution in [0.2, 0.25) is 0 Å². The summed E-state index contributed by atoms with van der Waals surface area (Å²) in [5, 5.41) is 24.8. The first-order chi connectivity index (χ1) is 21.8. The van der Waals surface area contributed by atoms with Crippen LogP contribution in [0.15, 0.2) is 42.2 Å². The number of unbranched alkanes of at least 4 members (excludes halogenated alkanes) is 5. The Labute approximate surface area is 267 Å². The van der Waals surface area contributed by atoms with Crippen molar-refractivity contribution in [3.63, 3.8) is 0 Å². The molecule has 0 radical (unpaired) electrons. The number of piperazine rings is 1. The Bertz CT molecular complexity index is 1350. The molecule has 0 atom stereocenters. The molecule has 2 heterocycles. The maximum Gasteiger partial charge on any atom is 0.220 e.